The van der Waals surface area contributed by atoms with Gasteiger partial charge in [-0.05, 0) is 13.1 Å². The zero-order valence-corrected chi connectivity index (χ0v) is 9.00. The lowest BCUT2D eigenvalue weighted by Gasteiger charge is -2.34. The third kappa shape index (κ3) is 2.40. The molecule has 0 aromatic carbocycles. The molecular weight excluding hydrogens is 194 g/mol. The first-order valence-electron chi connectivity index (χ1n) is 4.27. The maximum Gasteiger partial charge on any atom is 0.309 e. The van der Waals surface area contributed by atoms with E-state index in [1.807, 2.05) is 0 Å². The van der Waals surface area contributed by atoms with Crippen molar-refractivity contribution in [3.8, 4) is 0 Å². The minimum atomic E-state index is -4.46. The number of aliphatic hydroxyl groups is 1. The van der Waals surface area contributed by atoms with Crippen molar-refractivity contribution in [2.24, 2.45) is 0 Å². The van der Waals surface area contributed by atoms with Crippen LogP contribution in [0.3, 0.4) is 0 Å². The predicted octanol–water partition coefficient (Wildman–Crippen LogP) is 0.272. The van der Waals surface area contributed by atoms with Crippen molar-refractivity contribution in [3.63, 3.8) is 0 Å². The summed E-state index contributed by atoms with van der Waals surface area (Å²) in [7, 11) is -4.46. The molecule has 0 radical (unpaired) electrons. The van der Waals surface area contributed by atoms with Gasteiger partial charge in [-0.25, -0.2) is 0 Å². The van der Waals surface area contributed by atoms with Crippen LogP contribution in [-0.4, -0.2) is 41.1 Å². The van der Waals surface area contributed by atoms with Gasteiger partial charge in [-0.3, -0.25) is 9.45 Å². The van der Waals surface area contributed by atoms with Crippen molar-refractivity contribution in [3.05, 3.63) is 0 Å². The molecule has 0 bridgehead atoms. The minimum absolute atomic E-state index is 0.0620. The van der Waals surface area contributed by atoms with Gasteiger partial charge >= 0.3 is 10.1 Å². The van der Waals surface area contributed by atoms with Gasteiger partial charge in [0.1, 0.15) is 0 Å². The molecule has 0 aliphatic rings. The van der Waals surface area contributed by atoms with E-state index in [1.165, 1.54) is 11.8 Å². The van der Waals surface area contributed by atoms with Gasteiger partial charge in [-0.15, -0.1) is 0 Å². The summed E-state index contributed by atoms with van der Waals surface area (Å²) in [6.07, 6.45) is -0.0620. The van der Waals surface area contributed by atoms with Crippen LogP contribution in [-0.2, 0) is 10.1 Å². The second kappa shape index (κ2) is 4.36. The molecule has 5 nitrogen and oxygen atoms in total. The normalized spacial score (nSPS) is 17.4. The molecule has 1 atom stereocenters. The van der Waals surface area contributed by atoms with Crippen LogP contribution in [0.1, 0.15) is 27.2 Å². The third-order valence-electron chi connectivity index (χ3n) is 2.13. The second-order valence-corrected chi connectivity index (χ2v) is 4.35. The lowest BCUT2D eigenvalue weighted by molar-refractivity contribution is -0.0408. The first-order valence-corrected chi connectivity index (χ1v) is 5.71. The Kier molecular flexibility index (Phi) is 4.31. The van der Waals surface area contributed by atoms with E-state index in [2.05, 4.69) is 0 Å². The lowest BCUT2D eigenvalue weighted by Crippen LogP contribution is -2.53. The van der Waals surface area contributed by atoms with Crippen LogP contribution >= 0.6 is 0 Å². The Labute approximate surface area is 79.1 Å². The Balaban J connectivity index is 5.04. The van der Waals surface area contributed by atoms with E-state index in [9.17, 15) is 13.5 Å². The molecule has 0 fully saturated rings. The highest BCUT2D eigenvalue weighted by atomic mass is 32.2. The topological polar surface area (TPSA) is 77.8 Å². The molecule has 0 aromatic rings. The molecule has 2 N–H and O–H groups in total. The second-order valence-electron chi connectivity index (χ2n) is 2.74. The van der Waals surface area contributed by atoms with Gasteiger partial charge in [0.15, 0.2) is 0 Å². The predicted molar refractivity (Wildman–Crippen MR) is 49.7 cm³/mol. The summed E-state index contributed by atoms with van der Waals surface area (Å²) >= 11 is 0. The Morgan fingerprint density at radius 2 is 1.62 bits per heavy atom. The van der Waals surface area contributed by atoms with Gasteiger partial charge in [-0.2, -0.15) is 8.42 Å². The van der Waals surface area contributed by atoms with Gasteiger partial charge in [-0.1, -0.05) is 20.8 Å². The molecule has 0 amide bonds. The van der Waals surface area contributed by atoms with Crippen LogP contribution in [0.4, 0.5) is 0 Å². The molecule has 6 heteroatoms. The molecule has 1 unspecified atom stereocenters. The summed E-state index contributed by atoms with van der Waals surface area (Å²) < 4.78 is 30.7. The third-order valence-corrected chi connectivity index (χ3v) is 3.50. The molecule has 0 saturated heterocycles. The molecule has 0 heterocycles. The molecule has 13 heavy (non-hydrogen) atoms. The van der Waals surface area contributed by atoms with E-state index in [0.29, 0.717) is 13.1 Å². The largest absolute Gasteiger partial charge is 0.361 e. The summed E-state index contributed by atoms with van der Waals surface area (Å²) in [5, 5.41) is 7.56. The van der Waals surface area contributed by atoms with E-state index in [0.717, 1.165) is 0 Å². The summed E-state index contributed by atoms with van der Waals surface area (Å²) in [4.78, 5) is 1.29. The Hall–Kier alpha value is -0.170. The monoisotopic (exact) mass is 211 g/mol. The molecule has 0 rings (SSSR count). The van der Waals surface area contributed by atoms with Crippen molar-refractivity contribution >= 4 is 10.1 Å². The summed E-state index contributed by atoms with van der Waals surface area (Å²) in [5.41, 5.74) is 0. The maximum absolute atomic E-state index is 10.9. The highest BCUT2D eigenvalue weighted by molar-refractivity contribution is 7.87. The average molecular weight is 211 g/mol. The van der Waals surface area contributed by atoms with E-state index >= 15 is 0 Å². The molecule has 0 aliphatic heterocycles. The molecule has 0 saturated carbocycles. The van der Waals surface area contributed by atoms with Gasteiger partial charge in [0.25, 0.3) is 0 Å². The van der Waals surface area contributed by atoms with Crippen molar-refractivity contribution in [1.29, 1.82) is 0 Å². The molecule has 80 valence electrons. The van der Waals surface area contributed by atoms with Crippen LogP contribution in [0.5, 0.6) is 0 Å². The van der Waals surface area contributed by atoms with Crippen LogP contribution in [0, 0.1) is 0 Å². The van der Waals surface area contributed by atoms with Crippen LogP contribution in [0.2, 0.25) is 0 Å². The Bertz CT molecular complexity index is 247. The van der Waals surface area contributed by atoms with Crippen molar-refractivity contribution in [2.45, 2.75) is 32.2 Å². The molecule has 0 aromatic heterocycles. The Morgan fingerprint density at radius 3 is 1.69 bits per heavy atom. The van der Waals surface area contributed by atoms with E-state index < -0.39 is 15.2 Å². The Morgan fingerprint density at radius 1 is 1.23 bits per heavy atom. The zero-order valence-electron chi connectivity index (χ0n) is 8.19. The number of hydrogen-bond donors (Lipinski definition) is 2. The zero-order chi connectivity index (χ0) is 10.7. The molecule has 0 spiro atoms. The number of nitrogens with zero attached hydrogens (tertiary/aromatic N) is 1. The van der Waals surface area contributed by atoms with E-state index in [-0.39, 0.29) is 6.42 Å². The number of hydrogen-bond acceptors (Lipinski definition) is 4. The van der Waals surface area contributed by atoms with Crippen molar-refractivity contribution < 1.29 is 18.1 Å². The average Bonchev–Trinajstić information content (AvgIpc) is 2.04. The SMILES string of the molecule is CCN(CC)C(O)(CC)S(=O)(=O)O. The first-order chi connectivity index (χ1) is 5.83. The van der Waals surface area contributed by atoms with E-state index in [1.54, 1.807) is 13.8 Å². The first kappa shape index (κ1) is 12.8. The van der Waals surface area contributed by atoms with Gasteiger partial charge in [0.05, 0.1) is 0 Å². The van der Waals surface area contributed by atoms with Crippen LogP contribution < -0.4 is 0 Å². The highest BCUT2D eigenvalue weighted by Crippen LogP contribution is 2.21. The standard InChI is InChI=1S/C7H17NO4S/c1-4-7(9,13(10,11)12)8(5-2)6-3/h9H,4-6H2,1-3H3,(H,10,11,12). The highest BCUT2D eigenvalue weighted by Gasteiger charge is 2.43. The van der Waals surface area contributed by atoms with Crippen LogP contribution in [0.25, 0.3) is 0 Å². The van der Waals surface area contributed by atoms with Crippen LogP contribution in [0.15, 0.2) is 0 Å². The van der Waals surface area contributed by atoms with Gasteiger partial charge in [0, 0.05) is 6.42 Å². The summed E-state index contributed by atoms with van der Waals surface area (Å²) in [6, 6.07) is 0. The maximum atomic E-state index is 10.9. The summed E-state index contributed by atoms with van der Waals surface area (Å²) in [5.74, 6) is 0. The fourth-order valence-electron chi connectivity index (χ4n) is 1.29. The fraction of sp³-hybridized carbons (Fsp3) is 1.00. The van der Waals surface area contributed by atoms with Gasteiger partial charge < -0.3 is 5.11 Å². The quantitative estimate of drug-likeness (QED) is 0.504. The molecule has 0 aliphatic carbocycles. The minimum Gasteiger partial charge on any atom is -0.361 e. The molecular formula is C7H17NO4S. The van der Waals surface area contributed by atoms with E-state index in [4.69, 9.17) is 4.55 Å². The fourth-order valence-corrected chi connectivity index (χ4v) is 2.24. The summed E-state index contributed by atoms with van der Waals surface area (Å²) in [6.45, 7) is 5.66. The number of rotatable bonds is 5. The van der Waals surface area contributed by atoms with Crippen molar-refractivity contribution in [1.82, 2.24) is 4.90 Å². The lowest BCUT2D eigenvalue weighted by atomic mass is 10.3. The smallest absolute Gasteiger partial charge is 0.309 e. The van der Waals surface area contributed by atoms with Crippen molar-refractivity contribution in [2.75, 3.05) is 13.1 Å². The van der Waals surface area contributed by atoms with Gasteiger partial charge in [0.2, 0.25) is 5.06 Å².